The van der Waals surface area contributed by atoms with Crippen LogP contribution < -0.4 is 9.47 Å². The normalized spacial score (nSPS) is 25.6. The molecule has 118 valence electrons. The molecule has 21 heavy (non-hydrogen) atoms. The lowest BCUT2D eigenvalue weighted by atomic mass is 9.74. The number of rotatable bonds is 6. The number of methoxy groups -OCH3 is 2. The minimum absolute atomic E-state index is 0.450. The zero-order valence-corrected chi connectivity index (χ0v) is 13.5. The van der Waals surface area contributed by atoms with Crippen LogP contribution in [-0.4, -0.2) is 24.9 Å². The van der Waals surface area contributed by atoms with Crippen molar-refractivity contribution in [2.24, 2.45) is 5.92 Å². The fourth-order valence-corrected chi connectivity index (χ4v) is 3.43. The van der Waals surface area contributed by atoms with Crippen LogP contribution >= 0.6 is 0 Å². The van der Waals surface area contributed by atoms with Crippen LogP contribution in [0, 0.1) is 5.92 Å². The summed E-state index contributed by atoms with van der Waals surface area (Å²) in [5, 5.41) is 10.4. The maximum absolute atomic E-state index is 10.4. The van der Waals surface area contributed by atoms with Gasteiger partial charge in [0.25, 0.3) is 0 Å². The van der Waals surface area contributed by atoms with Crippen molar-refractivity contribution >= 4 is 0 Å². The molecular formula is C18H28O3. The van der Waals surface area contributed by atoms with Crippen molar-refractivity contribution in [3.63, 3.8) is 0 Å². The molecule has 1 aromatic carbocycles. The highest BCUT2D eigenvalue weighted by Crippen LogP contribution is 2.36. The third-order valence-corrected chi connectivity index (χ3v) is 4.83. The van der Waals surface area contributed by atoms with Crippen molar-refractivity contribution in [3.8, 4) is 11.5 Å². The van der Waals surface area contributed by atoms with E-state index < -0.39 is 5.60 Å². The molecule has 0 amide bonds. The molecular weight excluding hydrogens is 264 g/mol. The molecule has 0 bridgehead atoms. The summed E-state index contributed by atoms with van der Waals surface area (Å²) < 4.78 is 10.6. The summed E-state index contributed by atoms with van der Waals surface area (Å²) in [4.78, 5) is 0. The van der Waals surface area contributed by atoms with Gasteiger partial charge in [0.05, 0.1) is 19.8 Å². The third kappa shape index (κ3) is 4.13. The Morgan fingerprint density at radius 2 is 1.95 bits per heavy atom. The Kier molecular flexibility index (Phi) is 5.51. The number of hydrogen-bond acceptors (Lipinski definition) is 3. The van der Waals surface area contributed by atoms with Gasteiger partial charge in [0.2, 0.25) is 0 Å². The van der Waals surface area contributed by atoms with E-state index in [1.165, 1.54) is 24.8 Å². The van der Waals surface area contributed by atoms with Crippen LogP contribution in [0.3, 0.4) is 0 Å². The van der Waals surface area contributed by atoms with E-state index in [1.54, 1.807) is 14.2 Å². The van der Waals surface area contributed by atoms with Crippen LogP contribution in [0.4, 0.5) is 0 Å². The maximum atomic E-state index is 10.4. The minimum Gasteiger partial charge on any atom is -0.493 e. The molecule has 0 radical (unpaired) electrons. The molecule has 0 aromatic heterocycles. The Bertz CT molecular complexity index is 454. The molecule has 1 aliphatic rings. The smallest absolute Gasteiger partial charge is 0.160 e. The summed E-state index contributed by atoms with van der Waals surface area (Å²) in [5.74, 6) is 2.02. The fourth-order valence-electron chi connectivity index (χ4n) is 3.43. The van der Waals surface area contributed by atoms with E-state index in [0.29, 0.717) is 5.92 Å². The van der Waals surface area contributed by atoms with Gasteiger partial charge in [0, 0.05) is 0 Å². The van der Waals surface area contributed by atoms with Gasteiger partial charge in [-0.05, 0) is 62.6 Å². The average molecular weight is 292 g/mol. The fraction of sp³-hybridized carbons (Fsp3) is 0.667. The largest absolute Gasteiger partial charge is 0.493 e. The first kappa shape index (κ1) is 16.2. The number of hydrogen-bond donors (Lipinski definition) is 1. The number of aryl methyl sites for hydroxylation is 1. The van der Waals surface area contributed by atoms with E-state index >= 15 is 0 Å². The minimum atomic E-state index is -0.462. The van der Waals surface area contributed by atoms with E-state index in [2.05, 4.69) is 12.1 Å². The van der Waals surface area contributed by atoms with Gasteiger partial charge in [-0.1, -0.05) is 18.9 Å². The molecule has 0 saturated heterocycles. The van der Waals surface area contributed by atoms with Gasteiger partial charge in [-0.3, -0.25) is 0 Å². The molecule has 1 unspecified atom stereocenters. The molecule has 2 atom stereocenters. The quantitative estimate of drug-likeness (QED) is 0.862. The van der Waals surface area contributed by atoms with Gasteiger partial charge >= 0.3 is 0 Å². The average Bonchev–Trinajstić information content (AvgIpc) is 2.48. The van der Waals surface area contributed by atoms with Crippen molar-refractivity contribution in [3.05, 3.63) is 23.8 Å². The first-order chi connectivity index (χ1) is 10.1. The third-order valence-electron chi connectivity index (χ3n) is 4.83. The van der Waals surface area contributed by atoms with Crippen LogP contribution in [0.25, 0.3) is 0 Å². The first-order valence-corrected chi connectivity index (χ1v) is 8.00. The topological polar surface area (TPSA) is 38.7 Å². The predicted octanol–water partition coefficient (Wildman–Crippen LogP) is 3.97. The number of aliphatic hydroxyl groups is 1. The molecule has 1 aliphatic carbocycles. The second-order valence-corrected chi connectivity index (χ2v) is 6.38. The van der Waals surface area contributed by atoms with Crippen LogP contribution in [0.2, 0.25) is 0 Å². The molecule has 1 N–H and O–H groups in total. The Labute approximate surface area is 128 Å². The van der Waals surface area contributed by atoms with Crippen LogP contribution in [-0.2, 0) is 6.42 Å². The van der Waals surface area contributed by atoms with Crippen molar-refractivity contribution in [2.75, 3.05) is 14.2 Å². The van der Waals surface area contributed by atoms with Crippen molar-refractivity contribution in [1.29, 1.82) is 0 Å². The van der Waals surface area contributed by atoms with Crippen molar-refractivity contribution in [2.45, 2.75) is 57.5 Å². The molecule has 0 aliphatic heterocycles. The summed E-state index contributed by atoms with van der Waals surface area (Å²) in [6, 6.07) is 6.11. The zero-order valence-electron chi connectivity index (χ0n) is 13.5. The molecule has 1 aromatic rings. The van der Waals surface area contributed by atoms with E-state index in [0.717, 1.165) is 37.2 Å². The van der Waals surface area contributed by atoms with Gasteiger partial charge in [-0.25, -0.2) is 0 Å². The van der Waals surface area contributed by atoms with E-state index in [-0.39, 0.29) is 0 Å². The SMILES string of the molecule is COc1ccc(CCC[C@H]2CCCCC2(C)O)cc1OC. The molecule has 3 heteroatoms. The zero-order chi connectivity index (χ0) is 15.3. The highest BCUT2D eigenvalue weighted by Gasteiger charge is 2.33. The van der Waals surface area contributed by atoms with Crippen LogP contribution in [0.5, 0.6) is 11.5 Å². The van der Waals surface area contributed by atoms with Gasteiger partial charge in [-0.2, -0.15) is 0 Å². The summed E-state index contributed by atoms with van der Waals surface area (Å²) in [7, 11) is 3.32. The highest BCUT2D eigenvalue weighted by atomic mass is 16.5. The molecule has 2 rings (SSSR count). The van der Waals surface area contributed by atoms with Gasteiger partial charge < -0.3 is 14.6 Å². The standard InChI is InChI=1S/C18H28O3/c1-18(19)12-5-4-8-15(18)9-6-7-14-10-11-16(20-2)17(13-14)21-3/h10-11,13,15,19H,4-9,12H2,1-3H3/t15-,18?/m1/s1. The summed E-state index contributed by atoms with van der Waals surface area (Å²) in [6.45, 7) is 2.01. The molecule has 1 fully saturated rings. The monoisotopic (exact) mass is 292 g/mol. The Morgan fingerprint density at radius 1 is 1.19 bits per heavy atom. The Hall–Kier alpha value is -1.22. The predicted molar refractivity (Wildman–Crippen MR) is 85.1 cm³/mol. The van der Waals surface area contributed by atoms with Crippen LogP contribution in [0.1, 0.15) is 51.0 Å². The molecule has 3 nitrogen and oxygen atoms in total. The molecule has 0 heterocycles. The van der Waals surface area contributed by atoms with Crippen LogP contribution in [0.15, 0.2) is 18.2 Å². The number of ether oxygens (including phenoxy) is 2. The van der Waals surface area contributed by atoms with E-state index in [9.17, 15) is 5.11 Å². The van der Waals surface area contributed by atoms with E-state index in [4.69, 9.17) is 9.47 Å². The first-order valence-electron chi connectivity index (χ1n) is 8.00. The molecule has 1 saturated carbocycles. The summed E-state index contributed by atoms with van der Waals surface area (Å²) in [6.07, 6.45) is 7.77. The summed E-state index contributed by atoms with van der Waals surface area (Å²) in [5.41, 5.74) is 0.804. The lowest BCUT2D eigenvalue weighted by molar-refractivity contribution is -0.0355. The van der Waals surface area contributed by atoms with Gasteiger partial charge in [0.15, 0.2) is 11.5 Å². The van der Waals surface area contributed by atoms with Gasteiger partial charge in [-0.15, -0.1) is 0 Å². The second kappa shape index (κ2) is 7.17. The Morgan fingerprint density at radius 3 is 2.62 bits per heavy atom. The van der Waals surface area contributed by atoms with Gasteiger partial charge in [0.1, 0.15) is 0 Å². The highest BCUT2D eigenvalue weighted by molar-refractivity contribution is 5.42. The maximum Gasteiger partial charge on any atom is 0.160 e. The lowest BCUT2D eigenvalue weighted by Crippen LogP contribution is -2.37. The molecule has 0 spiro atoms. The summed E-state index contributed by atoms with van der Waals surface area (Å²) >= 11 is 0. The van der Waals surface area contributed by atoms with Crippen molar-refractivity contribution < 1.29 is 14.6 Å². The lowest BCUT2D eigenvalue weighted by Gasteiger charge is -2.37. The van der Waals surface area contributed by atoms with Crippen molar-refractivity contribution in [1.82, 2.24) is 0 Å². The Balaban J connectivity index is 1.88. The second-order valence-electron chi connectivity index (χ2n) is 6.38. The van der Waals surface area contributed by atoms with E-state index in [1.807, 2.05) is 13.0 Å². The number of benzene rings is 1.